The fraction of sp³-hybridized carbons (Fsp3) is 0.389. The molecule has 7 nitrogen and oxygen atoms in total. The lowest BCUT2D eigenvalue weighted by atomic mass is 9.47. The maximum Gasteiger partial charge on any atom is 0.298 e. The van der Waals surface area contributed by atoms with Crippen LogP contribution >= 0.6 is 0 Å². The third kappa shape index (κ3) is 4.07. The Hall–Kier alpha value is -4.30. The first-order chi connectivity index (χ1) is 20.8. The fourth-order valence-corrected chi connectivity index (χ4v) is 8.46. The van der Waals surface area contributed by atoms with Gasteiger partial charge in [-0.2, -0.15) is 5.26 Å². The van der Waals surface area contributed by atoms with Crippen molar-refractivity contribution in [2.24, 2.45) is 0 Å². The molecule has 2 aliphatic carbocycles. The largest absolute Gasteiger partial charge is 0.504 e. The summed E-state index contributed by atoms with van der Waals surface area (Å²) in [4.78, 5) is 17.3. The summed E-state index contributed by atoms with van der Waals surface area (Å²) < 4.78 is 6.61. The molecule has 7 heteroatoms. The maximum atomic E-state index is 13.5. The van der Waals surface area contributed by atoms with Crippen molar-refractivity contribution in [1.29, 1.82) is 5.26 Å². The Morgan fingerprint density at radius 3 is 2.74 bits per heavy atom. The molecule has 2 aliphatic heterocycles. The number of phenolic OH excluding ortho intramolecular Hbond substituents is 1. The lowest BCUT2D eigenvalue weighted by Gasteiger charge is -2.65. The van der Waals surface area contributed by atoms with Crippen LogP contribution < -0.4 is 4.74 Å². The van der Waals surface area contributed by atoms with Gasteiger partial charge in [-0.25, -0.2) is 0 Å². The molecule has 218 valence electrons. The van der Waals surface area contributed by atoms with Crippen LogP contribution in [0.5, 0.6) is 11.5 Å². The Kier molecular flexibility index (Phi) is 6.50. The summed E-state index contributed by atoms with van der Waals surface area (Å²) in [5.74, 6) is 5.87. The van der Waals surface area contributed by atoms with E-state index in [1.165, 1.54) is 5.56 Å². The van der Waals surface area contributed by atoms with E-state index >= 15 is 0 Å². The average molecular weight is 574 g/mol. The summed E-state index contributed by atoms with van der Waals surface area (Å²) in [6, 6.07) is 22.9. The highest BCUT2D eigenvalue weighted by Gasteiger charge is 2.74. The van der Waals surface area contributed by atoms with Crippen molar-refractivity contribution in [3.8, 4) is 29.4 Å². The molecule has 1 unspecified atom stereocenters. The topological polar surface area (TPSA) is 97.0 Å². The third-order valence-electron chi connectivity index (χ3n) is 10.4. The molecule has 1 spiro atoms. The zero-order chi connectivity index (χ0) is 29.9. The van der Waals surface area contributed by atoms with Gasteiger partial charge in [0.15, 0.2) is 11.5 Å². The van der Waals surface area contributed by atoms with E-state index in [1.807, 2.05) is 55.5 Å². The number of aryl methyl sites for hydroxylation is 1. The van der Waals surface area contributed by atoms with Crippen LogP contribution in [0, 0.1) is 30.1 Å². The van der Waals surface area contributed by atoms with Gasteiger partial charge < -0.3 is 19.8 Å². The normalized spacial score (nSPS) is 29.8. The number of likely N-dealkylation sites (tertiary alicyclic amines) is 1. The minimum Gasteiger partial charge on any atom is -0.504 e. The van der Waals surface area contributed by atoms with E-state index < -0.39 is 29.2 Å². The number of carbonyl (C=O) groups excluding carboxylic acids is 1. The smallest absolute Gasteiger partial charge is 0.298 e. The zero-order valence-electron chi connectivity index (χ0n) is 24.5. The Morgan fingerprint density at radius 1 is 1.16 bits per heavy atom. The predicted molar refractivity (Wildman–Crippen MR) is 161 cm³/mol. The standard InChI is InChI=1S/C36H35N3O4/c1-23-7-6-10-25(19-23)11-14-31(41)38(2)28-15-17-36(42)30-20-26-12-13-29(40)33-32(26)35(36,34(28)43-33)21-27(22-37)39(30)18-16-24-8-4-3-5-9-24/h3-10,12-13,19,27-28,30,34,40,42H,15-18,20-21H2,1-2H3/t27?,28-,30-,34+,35+,36-/m1/s1. The van der Waals surface area contributed by atoms with Gasteiger partial charge in [-0.3, -0.25) is 9.69 Å². The molecule has 2 heterocycles. The SMILES string of the molecule is Cc1cccc(C#CC(=O)N(C)[C@@H]2CC[C@@]3(O)[C@H]4Cc5ccc(O)c6c5[C@@]3(CC(C#N)N4CCc3ccccc3)[C@H]2O6)c1. The number of carbonyl (C=O) groups is 1. The number of rotatable bonds is 4. The number of nitriles is 1. The monoisotopic (exact) mass is 573 g/mol. The number of piperidine rings is 1. The van der Waals surface area contributed by atoms with Crippen LogP contribution in [0.3, 0.4) is 0 Å². The number of ether oxygens (including phenoxy) is 1. The van der Waals surface area contributed by atoms with Gasteiger partial charge in [0.05, 0.1) is 29.2 Å². The molecule has 43 heavy (non-hydrogen) atoms. The molecular formula is C36H35N3O4. The van der Waals surface area contributed by atoms with Crippen LogP contribution in [0.4, 0.5) is 0 Å². The van der Waals surface area contributed by atoms with Crippen LogP contribution in [0.2, 0.25) is 0 Å². The molecule has 7 rings (SSSR count). The highest BCUT2D eigenvalue weighted by Crippen LogP contribution is 2.66. The number of benzene rings is 3. The van der Waals surface area contributed by atoms with E-state index in [0.29, 0.717) is 38.0 Å². The Balaban J connectivity index is 1.27. The Labute approximate surface area is 252 Å². The number of nitrogens with zero attached hydrogens (tertiary/aromatic N) is 3. The molecule has 2 fully saturated rings. The second-order valence-corrected chi connectivity index (χ2v) is 12.6. The first-order valence-corrected chi connectivity index (χ1v) is 15.1. The summed E-state index contributed by atoms with van der Waals surface area (Å²) in [6.07, 6.45) is 2.02. The van der Waals surface area contributed by atoms with Gasteiger partial charge in [0, 0.05) is 36.7 Å². The second-order valence-electron chi connectivity index (χ2n) is 12.6. The molecule has 4 aliphatic rings. The minimum atomic E-state index is -1.19. The lowest BCUT2D eigenvalue weighted by Crippen LogP contribution is -2.79. The molecule has 3 aromatic carbocycles. The average Bonchev–Trinajstić information content (AvgIpc) is 3.36. The minimum absolute atomic E-state index is 0.0234. The summed E-state index contributed by atoms with van der Waals surface area (Å²) in [6.45, 7) is 2.63. The molecule has 1 amide bonds. The van der Waals surface area contributed by atoms with Gasteiger partial charge in [-0.1, -0.05) is 54.5 Å². The van der Waals surface area contributed by atoms with Crippen molar-refractivity contribution in [3.05, 3.63) is 94.5 Å². The summed E-state index contributed by atoms with van der Waals surface area (Å²) in [5, 5.41) is 34.3. The van der Waals surface area contributed by atoms with Crippen LogP contribution in [0.15, 0.2) is 66.7 Å². The maximum absolute atomic E-state index is 13.5. The molecule has 3 aromatic rings. The highest BCUT2D eigenvalue weighted by molar-refractivity contribution is 5.94. The van der Waals surface area contributed by atoms with Crippen LogP contribution in [0.25, 0.3) is 0 Å². The predicted octanol–water partition coefficient (Wildman–Crippen LogP) is 3.87. The second kappa shape index (κ2) is 10.2. The van der Waals surface area contributed by atoms with E-state index in [9.17, 15) is 20.3 Å². The van der Waals surface area contributed by atoms with Crippen LogP contribution in [-0.2, 0) is 23.1 Å². The highest BCUT2D eigenvalue weighted by atomic mass is 16.5. The summed E-state index contributed by atoms with van der Waals surface area (Å²) in [5.41, 5.74) is 2.74. The number of likely N-dealkylation sites (N-methyl/N-ethyl adjacent to an activating group) is 1. The number of hydrogen-bond acceptors (Lipinski definition) is 6. The third-order valence-corrected chi connectivity index (χ3v) is 10.4. The Morgan fingerprint density at radius 2 is 1.98 bits per heavy atom. The number of aliphatic hydroxyl groups is 1. The molecule has 0 radical (unpaired) electrons. The van der Waals surface area contributed by atoms with Crippen molar-refractivity contribution in [1.82, 2.24) is 9.80 Å². The molecule has 6 atom stereocenters. The fourth-order valence-electron chi connectivity index (χ4n) is 8.46. The number of hydrogen-bond donors (Lipinski definition) is 2. The van der Waals surface area contributed by atoms with E-state index in [1.54, 1.807) is 18.0 Å². The van der Waals surface area contributed by atoms with Gasteiger partial charge in [0.1, 0.15) is 6.10 Å². The first-order valence-electron chi connectivity index (χ1n) is 15.1. The number of aromatic hydroxyl groups is 1. The van der Waals surface area contributed by atoms with Crippen LogP contribution in [-0.4, -0.2) is 69.3 Å². The Bertz CT molecular complexity index is 1700. The summed E-state index contributed by atoms with van der Waals surface area (Å²) in [7, 11) is 1.74. The molecular weight excluding hydrogens is 538 g/mol. The van der Waals surface area contributed by atoms with Gasteiger partial charge in [-0.15, -0.1) is 0 Å². The van der Waals surface area contributed by atoms with Crippen molar-refractivity contribution in [3.63, 3.8) is 0 Å². The van der Waals surface area contributed by atoms with Gasteiger partial charge >= 0.3 is 0 Å². The van der Waals surface area contributed by atoms with Gasteiger partial charge in [0.25, 0.3) is 5.91 Å². The first kappa shape index (κ1) is 27.5. The van der Waals surface area contributed by atoms with E-state index in [-0.39, 0.29) is 17.7 Å². The molecule has 2 bridgehead atoms. The molecule has 2 N–H and O–H groups in total. The van der Waals surface area contributed by atoms with Crippen molar-refractivity contribution in [2.45, 2.75) is 74.3 Å². The lowest BCUT2D eigenvalue weighted by molar-refractivity contribution is -0.206. The quantitative estimate of drug-likeness (QED) is 0.460. The van der Waals surface area contributed by atoms with Gasteiger partial charge in [-0.05, 0) is 73.9 Å². The van der Waals surface area contributed by atoms with Crippen molar-refractivity contribution < 1.29 is 19.7 Å². The summed E-state index contributed by atoms with van der Waals surface area (Å²) >= 11 is 0. The molecule has 0 aromatic heterocycles. The van der Waals surface area contributed by atoms with E-state index in [4.69, 9.17) is 4.74 Å². The van der Waals surface area contributed by atoms with Crippen molar-refractivity contribution >= 4 is 5.91 Å². The van der Waals surface area contributed by atoms with Crippen LogP contribution in [0.1, 0.15) is 47.1 Å². The number of amides is 1. The van der Waals surface area contributed by atoms with E-state index in [0.717, 1.165) is 28.7 Å². The van der Waals surface area contributed by atoms with Gasteiger partial charge in [0.2, 0.25) is 0 Å². The van der Waals surface area contributed by atoms with E-state index in [2.05, 4.69) is 34.9 Å². The number of phenols is 1. The zero-order valence-corrected chi connectivity index (χ0v) is 24.5. The molecule has 1 saturated carbocycles. The van der Waals surface area contributed by atoms with Crippen molar-refractivity contribution in [2.75, 3.05) is 13.6 Å². The molecule has 1 saturated heterocycles.